The van der Waals surface area contributed by atoms with Crippen LogP contribution in [0.1, 0.15) is 44.5 Å². The molecule has 0 bridgehead atoms. The zero-order chi connectivity index (χ0) is 18.0. The van der Waals surface area contributed by atoms with Gasteiger partial charge in [0, 0.05) is 24.6 Å². The summed E-state index contributed by atoms with van der Waals surface area (Å²) in [6, 6.07) is 1.49. The number of piperidine rings is 1. The molecule has 3 rings (SSSR count). The van der Waals surface area contributed by atoms with Crippen molar-refractivity contribution in [1.82, 2.24) is 25.1 Å². The van der Waals surface area contributed by atoms with Gasteiger partial charge in [-0.25, -0.2) is 4.98 Å². The molecule has 10 heteroatoms. The average molecular weight is 383 g/mol. The maximum atomic E-state index is 10.8. The molecule has 0 aromatic carbocycles. The molecule has 1 fully saturated rings. The summed E-state index contributed by atoms with van der Waals surface area (Å²) < 4.78 is 2.10. The highest BCUT2D eigenvalue weighted by Crippen LogP contribution is 2.35. The van der Waals surface area contributed by atoms with Gasteiger partial charge in [-0.15, -0.1) is 10.2 Å². The largest absolute Gasteiger partial charge is 0.316 e. The smallest absolute Gasteiger partial charge is 0.289 e. The molecular weight excluding hydrogens is 364 g/mol. The van der Waals surface area contributed by atoms with Crippen LogP contribution in [0.3, 0.4) is 0 Å². The predicted octanol–water partition coefficient (Wildman–Crippen LogP) is 3.43. The van der Waals surface area contributed by atoms with E-state index >= 15 is 0 Å². The van der Waals surface area contributed by atoms with E-state index in [9.17, 15) is 10.1 Å². The molecule has 0 amide bonds. The van der Waals surface area contributed by atoms with E-state index in [1.807, 2.05) is 0 Å². The molecule has 0 spiro atoms. The molecule has 1 N–H and O–H groups in total. The van der Waals surface area contributed by atoms with Crippen molar-refractivity contribution in [2.24, 2.45) is 0 Å². The second-order valence-corrected chi connectivity index (χ2v) is 7.55. The highest BCUT2D eigenvalue weighted by atomic mass is 35.5. The van der Waals surface area contributed by atoms with Gasteiger partial charge in [-0.3, -0.25) is 10.1 Å². The van der Waals surface area contributed by atoms with E-state index in [0.29, 0.717) is 16.1 Å². The molecule has 0 radical (unpaired) electrons. The van der Waals surface area contributed by atoms with Crippen molar-refractivity contribution in [1.29, 1.82) is 0 Å². The molecule has 8 nitrogen and oxygen atoms in total. The van der Waals surface area contributed by atoms with Crippen LogP contribution in [0.5, 0.6) is 0 Å². The van der Waals surface area contributed by atoms with Crippen LogP contribution >= 0.6 is 23.4 Å². The maximum absolute atomic E-state index is 10.8. The van der Waals surface area contributed by atoms with Crippen molar-refractivity contribution in [3.05, 3.63) is 33.2 Å². The molecule has 25 heavy (non-hydrogen) atoms. The zero-order valence-electron chi connectivity index (χ0n) is 14.0. The first-order valence-corrected chi connectivity index (χ1v) is 9.30. The lowest BCUT2D eigenvalue weighted by Crippen LogP contribution is -2.30. The molecular formula is C15H19ClN6O2S. The highest BCUT2D eigenvalue weighted by molar-refractivity contribution is 7.99. The molecule has 3 heterocycles. The van der Waals surface area contributed by atoms with Gasteiger partial charge in [0.1, 0.15) is 17.0 Å². The van der Waals surface area contributed by atoms with Gasteiger partial charge in [0.2, 0.25) is 0 Å². The molecule has 1 atom stereocenters. The van der Waals surface area contributed by atoms with E-state index in [2.05, 4.69) is 38.9 Å². The fourth-order valence-electron chi connectivity index (χ4n) is 2.87. The summed E-state index contributed by atoms with van der Waals surface area (Å²) in [7, 11) is 0. The third-order valence-electron chi connectivity index (χ3n) is 4.06. The first kappa shape index (κ1) is 18.1. The van der Waals surface area contributed by atoms with Gasteiger partial charge < -0.3 is 9.88 Å². The Kier molecular flexibility index (Phi) is 5.55. The van der Waals surface area contributed by atoms with Gasteiger partial charge in [0.05, 0.1) is 9.95 Å². The zero-order valence-corrected chi connectivity index (χ0v) is 15.5. The van der Waals surface area contributed by atoms with Crippen LogP contribution in [0, 0.1) is 10.1 Å². The van der Waals surface area contributed by atoms with E-state index in [4.69, 9.17) is 11.6 Å². The Labute approximate surface area is 154 Å². The van der Waals surface area contributed by atoms with Gasteiger partial charge >= 0.3 is 0 Å². The molecule has 134 valence electrons. The van der Waals surface area contributed by atoms with Crippen LogP contribution in [0.2, 0.25) is 5.02 Å². The first-order chi connectivity index (χ1) is 12.0. The van der Waals surface area contributed by atoms with Gasteiger partial charge in [-0.05, 0) is 45.0 Å². The van der Waals surface area contributed by atoms with Gasteiger partial charge in [0.25, 0.3) is 5.69 Å². The molecule has 2 aromatic rings. The molecule has 1 aliphatic rings. The first-order valence-electron chi connectivity index (χ1n) is 8.10. The highest BCUT2D eigenvalue weighted by Gasteiger charge is 2.25. The number of aromatic nitrogens is 4. The lowest BCUT2D eigenvalue weighted by molar-refractivity contribution is -0.385. The lowest BCUT2D eigenvalue weighted by Gasteiger charge is -2.24. The molecule has 1 aliphatic heterocycles. The standard InChI is InChI=1S/C15H19ClN6O2S/c1-9(2)21-13(10-4-3-5-17-7-10)19-20-15(21)25-14-12(16)6-11(8-18-14)22(23)24/h6,8-10,17H,3-5,7H2,1-2H3. The summed E-state index contributed by atoms with van der Waals surface area (Å²) >= 11 is 7.43. The number of nitrogens with one attached hydrogen (secondary N) is 1. The minimum Gasteiger partial charge on any atom is -0.316 e. The summed E-state index contributed by atoms with van der Waals surface area (Å²) in [6.45, 7) is 6.10. The predicted molar refractivity (Wildman–Crippen MR) is 95.3 cm³/mol. The number of nitro groups is 1. The summed E-state index contributed by atoms with van der Waals surface area (Å²) in [5.74, 6) is 1.29. The Morgan fingerprint density at radius 2 is 2.28 bits per heavy atom. The van der Waals surface area contributed by atoms with E-state index < -0.39 is 4.92 Å². The van der Waals surface area contributed by atoms with E-state index in [1.165, 1.54) is 24.0 Å². The van der Waals surface area contributed by atoms with Crippen LogP contribution in [-0.2, 0) is 0 Å². The minimum atomic E-state index is -0.516. The normalized spacial score (nSPS) is 17.8. The monoisotopic (exact) mass is 382 g/mol. The second-order valence-electron chi connectivity index (χ2n) is 6.19. The molecule has 1 saturated heterocycles. The topological polar surface area (TPSA) is 98.8 Å². The lowest BCUT2D eigenvalue weighted by atomic mass is 9.98. The van der Waals surface area contributed by atoms with Crippen LogP contribution in [0.15, 0.2) is 22.4 Å². The molecule has 2 aromatic heterocycles. The minimum absolute atomic E-state index is 0.131. The summed E-state index contributed by atoms with van der Waals surface area (Å²) in [6.07, 6.45) is 3.41. The number of halogens is 1. The Morgan fingerprint density at radius 3 is 2.88 bits per heavy atom. The second kappa shape index (κ2) is 7.67. The Hall–Kier alpha value is -1.71. The Bertz CT molecular complexity index is 775. The third-order valence-corrected chi connectivity index (χ3v) is 5.44. The van der Waals surface area contributed by atoms with Crippen LogP contribution in [0.25, 0.3) is 0 Å². The van der Waals surface area contributed by atoms with Gasteiger partial charge in [0.15, 0.2) is 5.16 Å². The number of hydrogen-bond acceptors (Lipinski definition) is 7. The summed E-state index contributed by atoms with van der Waals surface area (Å²) in [5.41, 5.74) is -0.131. The quantitative estimate of drug-likeness (QED) is 0.624. The van der Waals surface area contributed by atoms with E-state index in [0.717, 1.165) is 31.8 Å². The van der Waals surface area contributed by atoms with Gasteiger partial charge in [-0.1, -0.05) is 11.6 Å². The van der Waals surface area contributed by atoms with Crippen molar-refractivity contribution in [3.8, 4) is 0 Å². The average Bonchev–Trinajstić information content (AvgIpc) is 3.01. The number of pyridine rings is 1. The Balaban J connectivity index is 1.90. The molecule has 0 saturated carbocycles. The molecule has 1 unspecified atom stereocenters. The fraction of sp³-hybridized carbons (Fsp3) is 0.533. The van der Waals surface area contributed by atoms with Crippen molar-refractivity contribution >= 4 is 29.1 Å². The van der Waals surface area contributed by atoms with Crippen molar-refractivity contribution < 1.29 is 4.92 Å². The summed E-state index contributed by atoms with van der Waals surface area (Å²) in [4.78, 5) is 14.4. The van der Waals surface area contributed by atoms with Crippen molar-refractivity contribution in [2.75, 3.05) is 13.1 Å². The van der Waals surface area contributed by atoms with E-state index in [1.54, 1.807) is 0 Å². The number of nitrogens with zero attached hydrogens (tertiary/aromatic N) is 5. The number of rotatable bonds is 5. The van der Waals surface area contributed by atoms with Crippen molar-refractivity contribution in [2.45, 2.75) is 48.8 Å². The fourth-order valence-corrected chi connectivity index (χ4v) is 4.07. The van der Waals surface area contributed by atoms with Crippen LogP contribution in [-0.4, -0.2) is 37.8 Å². The molecule has 0 aliphatic carbocycles. The van der Waals surface area contributed by atoms with Crippen LogP contribution < -0.4 is 5.32 Å². The van der Waals surface area contributed by atoms with E-state index in [-0.39, 0.29) is 16.8 Å². The number of hydrogen-bond donors (Lipinski definition) is 1. The SMILES string of the molecule is CC(C)n1c(Sc2ncc([N+](=O)[O-])cc2Cl)nnc1C1CCCNC1. The van der Waals surface area contributed by atoms with Crippen LogP contribution in [0.4, 0.5) is 5.69 Å². The summed E-state index contributed by atoms with van der Waals surface area (Å²) in [5, 5.41) is 24.3. The van der Waals surface area contributed by atoms with Crippen molar-refractivity contribution in [3.63, 3.8) is 0 Å². The maximum Gasteiger partial charge on any atom is 0.289 e. The van der Waals surface area contributed by atoms with Gasteiger partial charge in [-0.2, -0.15) is 0 Å². The Morgan fingerprint density at radius 1 is 1.48 bits per heavy atom. The third kappa shape index (κ3) is 3.94.